The van der Waals surface area contributed by atoms with Gasteiger partial charge in [-0.25, -0.2) is 0 Å². The van der Waals surface area contributed by atoms with Crippen molar-refractivity contribution in [1.29, 1.82) is 0 Å². The fourth-order valence-electron chi connectivity index (χ4n) is 2.09. The van der Waals surface area contributed by atoms with Crippen LogP contribution in [0.5, 0.6) is 17.2 Å². The summed E-state index contributed by atoms with van der Waals surface area (Å²) >= 11 is 3.44. The van der Waals surface area contributed by atoms with Gasteiger partial charge in [0.1, 0.15) is 5.75 Å². The van der Waals surface area contributed by atoms with Gasteiger partial charge in [0.25, 0.3) is 5.91 Å². The van der Waals surface area contributed by atoms with E-state index in [1.54, 1.807) is 30.3 Å². The molecule has 2 N–H and O–H groups in total. The molecule has 2 aromatic carbocycles. The van der Waals surface area contributed by atoms with Crippen LogP contribution >= 0.6 is 15.9 Å². The van der Waals surface area contributed by atoms with Crippen molar-refractivity contribution in [1.82, 2.24) is 0 Å². The van der Waals surface area contributed by atoms with Gasteiger partial charge in [0.15, 0.2) is 11.5 Å². The normalized spacial score (nSPS) is 10.3. The van der Waals surface area contributed by atoms with Crippen LogP contribution in [-0.2, 0) is 0 Å². The monoisotopic (exact) mass is 393 g/mol. The molecule has 0 aliphatic carbocycles. The predicted molar refractivity (Wildman–Crippen MR) is 97.2 cm³/mol. The van der Waals surface area contributed by atoms with Gasteiger partial charge in [-0.15, -0.1) is 0 Å². The number of phenols is 1. The Kier molecular flexibility index (Phi) is 6.49. The molecule has 0 fully saturated rings. The quantitative estimate of drug-likeness (QED) is 0.721. The van der Waals surface area contributed by atoms with Crippen LogP contribution in [0.1, 0.15) is 30.6 Å². The highest BCUT2D eigenvalue weighted by Gasteiger charge is 2.16. The van der Waals surface area contributed by atoms with Crippen LogP contribution in [0.3, 0.4) is 0 Å². The van der Waals surface area contributed by atoms with Gasteiger partial charge < -0.3 is 19.9 Å². The van der Waals surface area contributed by atoms with E-state index in [4.69, 9.17) is 9.47 Å². The van der Waals surface area contributed by atoms with E-state index in [2.05, 4.69) is 21.2 Å². The van der Waals surface area contributed by atoms with Crippen LogP contribution in [0, 0.1) is 0 Å². The highest BCUT2D eigenvalue weighted by Crippen LogP contribution is 2.37. The van der Waals surface area contributed by atoms with E-state index in [1.807, 2.05) is 13.8 Å². The van der Waals surface area contributed by atoms with Crippen LogP contribution < -0.4 is 14.8 Å². The van der Waals surface area contributed by atoms with E-state index in [9.17, 15) is 9.90 Å². The van der Waals surface area contributed by atoms with Crippen LogP contribution in [0.15, 0.2) is 40.9 Å². The van der Waals surface area contributed by atoms with Crippen molar-refractivity contribution >= 4 is 27.5 Å². The van der Waals surface area contributed by atoms with E-state index < -0.39 is 0 Å². The maximum atomic E-state index is 12.4. The molecule has 0 bridgehead atoms. The molecule has 5 nitrogen and oxygen atoms in total. The summed E-state index contributed by atoms with van der Waals surface area (Å²) in [6.07, 6.45) is 0.873. The first kappa shape index (κ1) is 18.1. The summed E-state index contributed by atoms with van der Waals surface area (Å²) in [6, 6.07) is 9.72. The maximum absolute atomic E-state index is 12.4. The lowest BCUT2D eigenvalue weighted by Gasteiger charge is -2.15. The first-order chi connectivity index (χ1) is 11.5. The van der Waals surface area contributed by atoms with E-state index >= 15 is 0 Å². The van der Waals surface area contributed by atoms with Crippen LogP contribution in [-0.4, -0.2) is 24.2 Å². The molecule has 2 rings (SSSR count). The second kappa shape index (κ2) is 8.59. The summed E-state index contributed by atoms with van der Waals surface area (Å²) < 4.78 is 12.0. The number of benzene rings is 2. The van der Waals surface area contributed by atoms with Gasteiger partial charge in [-0.1, -0.05) is 13.0 Å². The zero-order valence-electron chi connectivity index (χ0n) is 13.6. The molecule has 6 heteroatoms. The summed E-state index contributed by atoms with van der Waals surface area (Å²) in [7, 11) is 0. The van der Waals surface area contributed by atoms with Gasteiger partial charge in [0.05, 0.1) is 17.7 Å². The third kappa shape index (κ3) is 4.64. The van der Waals surface area contributed by atoms with Crippen molar-refractivity contribution in [3.63, 3.8) is 0 Å². The van der Waals surface area contributed by atoms with Crippen molar-refractivity contribution < 1.29 is 19.4 Å². The average molecular weight is 394 g/mol. The molecule has 0 unspecified atom stereocenters. The summed E-state index contributed by atoms with van der Waals surface area (Å²) in [5, 5.41) is 12.2. The SMILES string of the molecule is CCCOc1c(Br)cc(C(=O)Nc2cccc(O)c2)cc1OCC. The number of anilines is 1. The Balaban J connectivity index is 2.27. The number of hydrogen-bond acceptors (Lipinski definition) is 4. The van der Waals surface area contributed by atoms with Gasteiger partial charge in [0.2, 0.25) is 0 Å². The topological polar surface area (TPSA) is 67.8 Å². The minimum atomic E-state index is -0.302. The number of rotatable bonds is 7. The van der Waals surface area contributed by atoms with Gasteiger partial charge in [-0.3, -0.25) is 4.79 Å². The number of phenolic OH excluding ortho intramolecular Hbond substituents is 1. The molecule has 0 radical (unpaired) electrons. The molecule has 0 saturated carbocycles. The minimum Gasteiger partial charge on any atom is -0.508 e. The van der Waals surface area contributed by atoms with Gasteiger partial charge in [0, 0.05) is 17.3 Å². The Labute approximate surface area is 149 Å². The number of carbonyl (C=O) groups excluding carboxylic acids is 1. The number of aromatic hydroxyl groups is 1. The van der Waals surface area contributed by atoms with Crippen molar-refractivity contribution in [2.45, 2.75) is 20.3 Å². The molecule has 0 aliphatic rings. The molecule has 0 aliphatic heterocycles. The van der Waals surface area contributed by atoms with E-state index in [1.165, 1.54) is 6.07 Å². The first-order valence-electron chi connectivity index (χ1n) is 7.74. The number of amides is 1. The Morgan fingerprint density at radius 3 is 2.67 bits per heavy atom. The molecule has 24 heavy (non-hydrogen) atoms. The first-order valence-corrected chi connectivity index (χ1v) is 8.54. The third-order valence-electron chi connectivity index (χ3n) is 3.13. The number of hydrogen-bond donors (Lipinski definition) is 2. The van der Waals surface area contributed by atoms with E-state index in [0.717, 1.165) is 6.42 Å². The Bertz CT molecular complexity index is 718. The largest absolute Gasteiger partial charge is 0.508 e. The summed E-state index contributed by atoms with van der Waals surface area (Å²) in [6.45, 7) is 4.92. The lowest BCUT2D eigenvalue weighted by Crippen LogP contribution is -2.12. The molecule has 0 spiro atoms. The molecule has 2 aromatic rings. The van der Waals surface area contributed by atoms with E-state index in [-0.39, 0.29) is 11.7 Å². The molecule has 0 atom stereocenters. The lowest BCUT2D eigenvalue weighted by atomic mass is 10.1. The summed E-state index contributed by atoms with van der Waals surface area (Å²) in [5.41, 5.74) is 0.943. The maximum Gasteiger partial charge on any atom is 0.255 e. The standard InChI is InChI=1S/C18H20BrNO4/c1-3-8-24-17-15(19)9-12(10-16(17)23-4-2)18(22)20-13-6-5-7-14(21)11-13/h5-7,9-11,21H,3-4,8H2,1-2H3,(H,20,22). The summed E-state index contributed by atoms with van der Waals surface area (Å²) in [5.74, 6) is 0.894. The Morgan fingerprint density at radius 1 is 1.21 bits per heavy atom. The fourth-order valence-corrected chi connectivity index (χ4v) is 2.65. The van der Waals surface area contributed by atoms with E-state index in [0.29, 0.717) is 40.4 Å². The van der Waals surface area contributed by atoms with Gasteiger partial charge in [-0.2, -0.15) is 0 Å². The van der Waals surface area contributed by atoms with Crippen molar-refractivity contribution in [2.24, 2.45) is 0 Å². The molecular weight excluding hydrogens is 374 g/mol. The molecule has 128 valence electrons. The smallest absolute Gasteiger partial charge is 0.255 e. The average Bonchev–Trinajstić information content (AvgIpc) is 2.54. The second-order valence-corrected chi connectivity index (χ2v) is 5.93. The highest BCUT2D eigenvalue weighted by atomic mass is 79.9. The van der Waals surface area contributed by atoms with Gasteiger partial charge in [-0.05, 0) is 53.5 Å². The van der Waals surface area contributed by atoms with Crippen LogP contribution in [0.25, 0.3) is 0 Å². The summed E-state index contributed by atoms with van der Waals surface area (Å²) in [4.78, 5) is 12.4. The number of ether oxygens (including phenoxy) is 2. The highest BCUT2D eigenvalue weighted by molar-refractivity contribution is 9.10. The second-order valence-electron chi connectivity index (χ2n) is 5.07. The minimum absolute atomic E-state index is 0.0901. The van der Waals surface area contributed by atoms with Gasteiger partial charge >= 0.3 is 0 Å². The van der Waals surface area contributed by atoms with Crippen LogP contribution in [0.4, 0.5) is 5.69 Å². The fraction of sp³-hybridized carbons (Fsp3) is 0.278. The lowest BCUT2D eigenvalue weighted by molar-refractivity contribution is 0.102. The zero-order chi connectivity index (χ0) is 17.5. The molecular formula is C18H20BrNO4. The molecule has 0 aromatic heterocycles. The van der Waals surface area contributed by atoms with Crippen molar-refractivity contribution in [3.8, 4) is 17.2 Å². The molecule has 1 amide bonds. The molecule has 0 heterocycles. The Morgan fingerprint density at radius 2 is 2.00 bits per heavy atom. The number of carbonyl (C=O) groups is 1. The van der Waals surface area contributed by atoms with Crippen LogP contribution in [0.2, 0.25) is 0 Å². The predicted octanol–water partition coefficient (Wildman–Crippen LogP) is 4.59. The number of nitrogens with one attached hydrogen (secondary N) is 1. The molecule has 0 saturated heterocycles. The zero-order valence-corrected chi connectivity index (χ0v) is 15.2. The third-order valence-corrected chi connectivity index (χ3v) is 3.72. The number of halogens is 1. The van der Waals surface area contributed by atoms with Crippen molar-refractivity contribution in [2.75, 3.05) is 18.5 Å². The Hall–Kier alpha value is -2.21. The van der Waals surface area contributed by atoms with Crippen molar-refractivity contribution in [3.05, 3.63) is 46.4 Å².